The third-order valence-corrected chi connectivity index (χ3v) is 7.55. The van der Waals surface area contributed by atoms with Crippen molar-refractivity contribution in [2.24, 2.45) is 11.8 Å². The van der Waals surface area contributed by atoms with Crippen molar-refractivity contribution in [2.75, 3.05) is 0 Å². The van der Waals surface area contributed by atoms with Gasteiger partial charge in [-0.25, -0.2) is 0 Å². The van der Waals surface area contributed by atoms with Gasteiger partial charge in [0.1, 0.15) is 0 Å². The van der Waals surface area contributed by atoms with Crippen LogP contribution in [-0.4, -0.2) is 5.78 Å². The van der Waals surface area contributed by atoms with E-state index in [9.17, 15) is 4.79 Å². The van der Waals surface area contributed by atoms with Crippen LogP contribution in [0, 0.1) is 11.8 Å². The minimum Gasteiger partial charge on any atom is -0.294 e. The van der Waals surface area contributed by atoms with E-state index in [-0.39, 0.29) is 11.3 Å². The van der Waals surface area contributed by atoms with Gasteiger partial charge in [-0.3, -0.25) is 4.79 Å². The maximum atomic E-state index is 13.2. The lowest BCUT2D eigenvalue weighted by Gasteiger charge is -2.46. The number of carbonyl (C=O) groups is 1. The molecule has 2 unspecified atom stereocenters. The second-order valence-electron chi connectivity index (χ2n) is 8.85. The van der Waals surface area contributed by atoms with Crippen LogP contribution in [0.25, 0.3) is 0 Å². The molecule has 1 aromatic rings. The van der Waals surface area contributed by atoms with Gasteiger partial charge in [-0.05, 0) is 37.2 Å². The van der Waals surface area contributed by atoms with Crippen molar-refractivity contribution in [3.05, 3.63) is 35.4 Å². The van der Waals surface area contributed by atoms with Crippen molar-refractivity contribution in [3.63, 3.8) is 0 Å². The first kappa shape index (κ1) is 17.3. The van der Waals surface area contributed by atoms with Crippen molar-refractivity contribution in [1.29, 1.82) is 0 Å². The normalized spacial score (nSPS) is 31.8. The molecule has 3 aliphatic carbocycles. The first-order valence-corrected chi connectivity index (χ1v) is 11.0. The lowest BCUT2D eigenvalue weighted by molar-refractivity contribution is 0.0688. The lowest BCUT2D eigenvalue weighted by Crippen LogP contribution is -2.43. The number of rotatable bonds is 1. The van der Waals surface area contributed by atoms with Crippen LogP contribution in [0.2, 0.25) is 0 Å². The summed E-state index contributed by atoms with van der Waals surface area (Å²) >= 11 is 0. The predicted molar refractivity (Wildman–Crippen MR) is 104 cm³/mol. The molecular weight excluding hydrogens is 304 g/mol. The average molecular weight is 339 g/mol. The van der Waals surface area contributed by atoms with Gasteiger partial charge in [0.25, 0.3) is 0 Å². The summed E-state index contributed by atoms with van der Waals surface area (Å²) in [5.74, 6) is 1.49. The molecule has 0 bridgehead atoms. The van der Waals surface area contributed by atoms with Gasteiger partial charge in [0.2, 0.25) is 0 Å². The summed E-state index contributed by atoms with van der Waals surface area (Å²) in [6.45, 7) is 0. The summed E-state index contributed by atoms with van der Waals surface area (Å²) in [6.07, 6.45) is 18.9. The second kappa shape index (κ2) is 7.64. The van der Waals surface area contributed by atoms with Gasteiger partial charge >= 0.3 is 0 Å². The summed E-state index contributed by atoms with van der Waals surface area (Å²) in [5, 5.41) is 0. The van der Waals surface area contributed by atoms with Gasteiger partial charge in [-0.1, -0.05) is 88.5 Å². The van der Waals surface area contributed by atoms with Gasteiger partial charge in [-0.2, -0.15) is 0 Å². The van der Waals surface area contributed by atoms with E-state index in [4.69, 9.17) is 0 Å². The Morgan fingerprint density at radius 1 is 0.720 bits per heavy atom. The van der Waals surface area contributed by atoms with E-state index in [1.165, 1.54) is 89.0 Å². The largest absolute Gasteiger partial charge is 0.294 e. The van der Waals surface area contributed by atoms with Crippen LogP contribution in [0.5, 0.6) is 0 Å². The minimum absolute atomic E-state index is 0.181. The average Bonchev–Trinajstić information content (AvgIpc) is 2.88. The highest BCUT2D eigenvalue weighted by molar-refractivity contribution is 6.04. The van der Waals surface area contributed by atoms with Crippen molar-refractivity contribution >= 4 is 5.78 Å². The van der Waals surface area contributed by atoms with Crippen LogP contribution >= 0.6 is 0 Å². The third kappa shape index (κ3) is 3.09. The number of fused-ring (bicyclic) bond motifs is 3. The van der Waals surface area contributed by atoms with Crippen LogP contribution in [0.15, 0.2) is 24.3 Å². The van der Waals surface area contributed by atoms with Crippen molar-refractivity contribution < 1.29 is 4.79 Å². The summed E-state index contributed by atoms with van der Waals surface area (Å²) in [5.41, 5.74) is 2.69. The molecule has 0 N–H and O–H groups in total. The molecule has 0 heterocycles. The highest BCUT2D eigenvalue weighted by atomic mass is 16.1. The Kier molecular flexibility index (Phi) is 5.29. The van der Waals surface area contributed by atoms with E-state index in [0.717, 1.165) is 17.9 Å². The molecule has 2 saturated carbocycles. The molecule has 0 amide bonds. The molecule has 25 heavy (non-hydrogen) atoms. The molecular formula is C24H34O. The highest BCUT2D eigenvalue weighted by Gasteiger charge is 2.55. The molecule has 2 atom stereocenters. The first-order chi connectivity index (χ1) is 12.3. The van der Waals surface area contributed by atoms with E-state index in [0.29, 0.717) is 5.78 Å². The molecule has 0 saturated heterocycles. The van der Waals surface area contributed by atoms with Gasteiger partial charge in [0.05, 0.1) is 0 Å². The summed E-state index contributed by atoms with van der Waals surface area (Å²) in [7, 11) is 0. The molecule has 1 aromatic carbocycles. The monoisotopic (exact) mass is 338 g/mol. The molecule has 136 valence electrons. The Morgan fingerprint density at radius 3 is 2.04 bits per heavy atom. The first-order valence-electron chi connectivity index (χ1n) is 11.0. The number of benzene rings is 1. The fourth-order valence-electron chi connectivity index (χ4n) is 6.39. The Labute approximate surface area is 153 Å². The van der Waals surface area contributed by atoms with Gasteiger partial charge < -0.3 is 0 Å². The molecule has 4 rings (SSSR count). The summed E-state index contributed by atoms with van der Waals surface area (Å²) < 4.78 is 0. The van der Waals surface area contributed by atoms with E-state index in [1.807, 2.05) is 0 Å². The van der Waals surface area contributed by atoms with Crippen molar-refractivity contribution in [3.8, 4) is 0 Å². The van der Waals surface area contributed by atoms with Gasteiger partial charge in [0.15, 0.2) is 5.78 Å². The molecule has 1 nitrogen and oxygen atoms in total. The maximum Gasteiger partial charge on any atom is 0.167 e. The zero-order chi connectivity index (χ0) is 17.1. The predicted octanol–water partition coefficient (Wildman–Crippen LogP) is 6.84. The van der Waals surface area contributed by atoms with Crippen molar-refractivity contribution in [2.45, 2.75) is 95.3 Å². The zero-order valence-electron chi connectivity index (χ0n) is 15.8. The standard InChI is InChI=1S/C24H34O/c25-23-20-15-9-10-16-21(20)24(18-12-11-17-22(23)24)19-13-7-5-3-1-2-4-6-8-14-19/h9-10,15-16,19,22H,1-8,11-14,17-18H2. The molecule has 3 aliphatic rings. The quantitative estimate of drug-likeness (QED) is 0.547. The maximum absolute atomic E-state index is 13.2. The second-order valence-corrected chi connectivity index (χ2v) is 8.85. The summed E-state index contributed by atoms with van der Waals surface area (Å²) in [4.78, 5) is 13.2. The molecule has 1 heteroatoms. The van der Waals surface area contributed by atoms with E-state index >= 15 is 0 Å². The van der Waals surface area contributed by atoms with Crippen LogP contribution < -0.4 is 0 Å². The zero-order valence-corrected chi connectivity index (χ0v) is 15.8. The SMILES string of the molecule is O=C1c2ccccc2C2(C3CCCCCCCCCC3)CCCCC12. The van der Waals surface area contributed by atoms with Crippen LogP contribution in [0.1, 0.15) is 106 Å². The molecule has 0 aliphatic heterocycles. The smallest absolute Gasteiger partial charge is 0.167 e. The Bertz CT molecular complexity index is 592. The van der Waals surface area contributed by atoms with Crippen LogP contribution in [0.4, 0.5) is 0 Å². The van der Waals surface area contributed by atoms with E-state index in [1.54, 1.807) is 0 Å². The molecule has 0 radical (unpaired) electrons. The Morgan fingerprint density at radius 2 is 1.32 bits per heavy atom. The van der Waals surface area contributed by atoms with E-state index in [2.05, 4.69) is 24.3 Å². The number of hydrogen-bond donors (Lipinski definition) is 0. The van der Waals surface area contributed by atoms with Gasteiger partial charge in [0, 0.05) is 16.9 Å². The molecule has 0 spiro atoms. The number of hydrogen-bond acceptors (Lipinski definition) is 1. The number of Topliss-reactive ketones (excluding diaryl/α,β-unsaturated/α-hetero) is 1. The Balaban J connectivity index is 1.69. The third-order valence-electron chi connectivity index (χ3n) is 7.55. The summed E-state index contributed by atoms with van der Waals surface area (Å²) in [6, 6.07) is 8.67. The fourth-order valence-corrected chi connectivity index (χ4v) is 6.39. The van der Waals surface area contributed by atoms with Crippen molar-refractivity contribution in [1.82, 2.24) is 0 Å². The molecule has 0 aromatic heterocycles. The number of ketones is 1. The van der Waals surface area contributed by atoms with Crippen LogP contribution in [0.3, 0.4) is 0 Å². The number of carbonyl (C=O) groups excluding carboxylic acids is 1. The Hall–Kier alpha value is -1.11. The minimum atomic E-state index is 0.181. The van der Waals surface area contributed by atoms with E-state index < -0.39 is 0 Å². The highest BCUT2D eigenvalue weighted by Crippen LogP contribution is 2.57. The van der Waals surface area contributed by atoms with Crippen LogP contribution in [-0.2, 0) is 5.41 Å². The lowest BCUT2D eigenvalue weighted by atomic mass is 9.57. The van der Waals surface area contributed by atoms with Gasteiger partial charge in [-0.15, -0.1) is 0 Å². The molecule has 2 fully saturated rings. The fraction of sp³-hybridized carbons (Fsp3) is 0.708. The topological polar surface area (TPSA) is 17.1 Å².